The van der Waals surface area contributed by atoms with Gasteiger partial charge in [-0.1, -0.05) is 26.0 Å². The van der Waals surface area contributed by atoms with Crippen LogP contribution in [0.2, 0.25) is 0 Å². The smallest absolute Gasteiger partial charge is 0.266 e. The summed E-state index contributed by atoms with van der Waals surface area (Å²) in [7, 11) is 0. The summed E-state index contributed by atoms with van der Waals surface area (Å²) in [6.07, 6.45) is 4.01. The Kier molecular flexibility index (Phi) is 4.50. The second-order valence-electron chi connectivity index (χ2n) is 5.43. The third-order valence-electron chi connectivity index (χ3n) is 4.15. The molecule has 0 unspecified atom stereocenters. The molecule has 0 bridgehead atoms. The molecule has 0 spiro atoms. The van der Waals surface area contributed by atoms with E-state index in [-0.39, 0.29) is 11.3 Å². The zero-order valence-corrected chi connectivity index (χ0v) is 14.1. The van der Waals surface area contributed by atoms with Crippen molar-refractivity contribution in [1.82, 2.24) is 9.88 Å². The van der Waals surface area contributed by atoms with Crippen molar-refractivity contribution in [3.05, 3.63) is 45.6 Å². The van der Waals surface area contributed by atoms with E-state index in [1.807, 2.05) is 17.5 Å². The van der Waals surface area contributed by atoms with Crippen molar-refractivity contribution in [2.45, 2.75) is 13.8 Å². The lowest BCUT2D eigenvalue weighted by Gasteiger charge is -2.15. The Morgan fingerprint density at radius 2 is 2.04 bits per heavy atom. The van der Waals surface area contributed by atoms with Crippen LogP contribution in [0.25, 0.3) is 27.1 Å². The molecule has 0 saturated heterocycles. The van der Waals surface area contributed by atoms with Crippen molar-refractivity contribution < 1.29 is 5.11 Å². The SMILES string of the molecule is CCN(CC)C/C=C/c1c(O)ccc2[nH]c(=O)c3sccc3c12. The van der Waals surface area contributed by atoms with Gasteiger partial charge in [0.2, 0.25) is 0 Å². The molecule has 2 N–H and O–H groups in total. The summed E-state index contributed by atoms with van der Waals surface area (Å²) >= 11 is 1.42. The van der Waals surface area contributed by atoms with E-state index in [4.69, 9.17) is 0 Å². The number of pyridine rings is 1. The Morgan fingerprint density at radius 3 is 2.78 bits per heavy atom. The van der Waals surface area contributed by atoms with Gasteiger partial charge in [0.25, 0.3) is 5.56 Å². The Balaban J connectivity index is 2.15. The molecule has 0 fully saturated rings. The summed E-state index contributed by atoms with van der Waals surface area (Å²) in [6, 6.07) is 5.33. The van der Waals surface area contributed by atoms with Crippen LogP contribution in [0.5, 0.6) is 5.75 Å². The molecule has 5 heteroatoms. The van der Waals surface area contributed by atoms with E-state index in [0.717, 1.165) is 41.5 Å². The van der Waals surface area contributed by atoms with E-state index < -0.39 is 0 Å². The first-order valence-corrected chi connectivity index (χ1v) is 8.67. The number of hydrogen-bond acceptors (Lipinski definition) is 4. The largest absolute Gasteiger partial charge is 0.507 e. The van der Waals surface area contributed by atoms with Crippen LogP contribution in [0, 0.1) is 0 Å². The van der Waals surface area contributed by atoms with Gasteiger partial charge in [0.1, 0.15) is 10.4 Å². The molecule has 2 heterocycles. The lowest BCUT2D eigenvalue weighted by atomic mass is 10.0. The fourth-order valence-corrected chi connectivity index (χ4v) is 3.63. The summed E-state index contributed by atoms with van der Waals surface area (Å²) in [5.74, 6) is 0.229. The van der Waals surface area contributed by atoms with Crippen LogP contribution >= 0.6 is 11.3 Å². The summed E-state index contributed by atoms with van der Waals surface area (Å²) in [6.45, 7) is 7.08. The van der Waals surface area contributed by atoms with Crippen LogP contribution in [-0.2, 0) is 0 Å². The lowest BCUT2D eigenvalue weighted by Crippen LogP contribution is -2.22. The summed E-state index contributed by atoms with van der Waals surface area (Å²) in [5, 5.41) is 14.0. The van der Waals surface area contributed by atoms with Crippen LogP contribution in [0.1, 0.15) is 19.4 Å². The number of nitrogens with zero attached hydrogens (tertiary/aromatic N) is 1. The highest BCUT2D eigenvalue weighted by Crippen LogP contribution is 2.33. The highest BCUT2D eigenvalue weighted by Gasteiger charge is 2.12. The second-order valence-corrected chi connectivity index (χ2v) is 6.34. The first-order valence-electron chi connectivity index (χ1n) is 7.79. The molecule has 23 heavy (non-hydrogen) atoms. The Hall–Kier alpha value is -2.11. The zero-order chi connectivity index (χ0) is 16.4. The number of phenolic OH excluding ortho intramolecular Hbond substituents is 1. The van der Waals surface area contributed by atoms with Crippen LogP contribution in [0.4, 0.5) is 0 Å². The second kappa shape index (κ2) is 6.56. The summed E-state index contributed by atoms with van der Waals surface area (Å²) in [4.78, 5) is 17.3. The van der Waals surface area contributed by atoms with E-state index in [9.17, 15) is 9.90 Å². The van der Waals surface area contributed by atoms with E-state index in [1.165, 1.54) is 11.3 Å². The zero-order valence-electron chi connectivity index (χ0n) is 13.3. The highest BCUT2D eigenvalue weighted by atomic mass is 32.1. The van der Waals surface area contributed by atoms with Crippen LogP contribution in [-0.4, -0.2) is 34.6 Å². The first kappa shape index (κ1) is 15.8. The molecule has 0 saturated carbocycles. The third-order valence-corrected chi connectivity index (χ3v) is 5.07. The minimum Gasteiger partial charge on any atom is -0.507 e. The average Bonchev–Trinajstić information content (AvgIpc) is 3.04. The molecule has 4 nitrogen and oxygen atoms in total. The Morgan fingerprint density at radius 1 is 1.26 bits per heavy atom. The molecule has 0 aliphatic heterocycles. The molecule has 2 aromatic heterocycles. The van der Waals surface area contributed by atoms with Crippen LogP contribution in [0.3, 0.4) is 0 Å². The van der Waals surface area contributed by atoms with Crippen LogP contribution in [0.15, 0.2) is 34.4 Å². The van der Waals surface area contributed by atoms with E-state index in [0.29, 0.717) is 4.70 Å². The number of likely N-dealkylation sites (N-methyl/N-ethyl adjacent to an activating group) is 1. The number of benzene rings is 1. The number of phenols is 1. The quantitative estimate of drug-likeness (QED) is 0.749. The van der Waals surface area contributed by atoms with E-state index >= 15 is 0 Å². The molecule has 120 valence electrons. The van der Waals surface area contributed by atoms with E-state index in [2.05, 4.69) is 29.8 Å². The maximum absolute atomic E-state index is 12.1. The van der Waals surface area contributed by atoms with Crippen molar-refractivity contribution in [2.24, 2.45) is 0 Å². The van der Waals surface area contributed by atoms with Gasteiger partial charge < -0.3 is 15.0 Å². The fraction of sp³-hybridized carbons (Fsp3) is 0.278. The number of aromatic nitrogens is 1. The topological polar surface area (TPSA) is 56.3 Å². The summed E-state index contributed by atoms with van der Waals surface area (Å²) in [5.41, 5.74) is 1.43. The van der Waals surface area contributed by atoms with Gasteiger partial charge in [0.05, 0.1) is 0 Å². The lowest BCUT2D eigenvalue weighted by molar-refractivity contribution is 0.338. The van der Waals surface area contributed by atoms with Gasteiger partial charge in [-0.25, -0.2) is 0 Å². The van der Waals surface area contributed by atoms with Gasteiger partial charge in [-0.05, 0) is 36.7 Å². The molecular weight excluding hydrogens is 308 g/mol. The number of aromatic hydroxyl groups is 1. The Labute approximate surface area is 138 Å². The van der Waals surface area contributed by atoms with Crippen molar-refractivity contribution in [1.29, 1.82) is 0 Å². The number of fused-ring (bicyclic) bond motifs is 3. The molecule has 1 aromatic carbocycles. The number of thiophene rings is 1. The minimum absolute atomic E-state index is 0.0775. The maximum atomic E-state index is 12.1. The molecule has 0 radical (unpaired) electrons. The van der Waals surface area contributed by atoms with Crippen LogP contribution < -0.4 is 5.56 Å². The molecule has 3 aromatic rings. The van der Waals surface area contributed by atoms with Gasteiger partial charge in [-0.2, -0.15) is 0 Å². The number of H-pyrrole nitrogens is 1. The standard InChI is InChI=1S/C18H20N2O2S/c1-3-20(4-2)10-5-6-12-15(21)8-7-14-16(12)13-9-11-23-17(13)18(22)19-14/h5-9,11,21H,3-4,10H2,1-2H3,(H,19,22)/b6-5+. The number of nitrogens with one attached hydrogen (secondary N) is 1. The van der Waals surface area contributed by atoms with Gasteiger partial charge in [0.15, 0.2) is 0 Å². The molecular formula is C18H20N2O2S. The molecule has 0 atom stereocenters. The summed E-state index contributed by atoms with van der Waals surface area (Å²) < 4.78 is 0.696. The highest BCUT2D eigenvalue weighted by molar-refractivity contribution is 7.17. The molecule has 0 aliphatic rings. The van der Waals surface area contributed by atoms with Gasteiger partial charge in [-0.15, -0.1) is 11.3 Å². The van der Waals surface area contributed by atoms with Gasteiger partial charge in [0, 0.05) is 28.4 Å². The minimum atomic E-state index is -0.0775. The monoisotopic (exact) mass is 328 g/mol. The number of rotatable bonds is 5. The normalized spacial score (nSPS) is 12.1. The number of hydrogen-bond donors (Lipinski definition) is 2. The number of aromatic amines is 1. The maximum Gasteiger partial charge on any atom is 0.266 e. The fourth-order valence-electron chi connectivity index (χ4n) is 2.83. The predicted molar refractivity (Wildman–Crippen MR) is 98.4 cm³/mol. The molecule has 0 amide bonds. The predicted octanol–water partition coefficient (Wildman–Crippen LogP) is 3.80. The van der Waals surface area contributed by atoms with Crippen molar-refractivity contribution in [3.63, 3.8) is 0 Å². The van der Waals surface area contributed by atoms with Gasteiger partial charge >= 0.3 is 0 Å². The van der Waals surface area contributed by atoms with E-state index in [1.54, 1.807) is 12.1 Å². The average molecular weight is 328 g/mol. The molecule has 0 aliphatic carbocycles. The van der Waals surface area contributed by atoms with Crippen molar-refractivity contribution in [3.8, 4) is 5.75 Å². The van der Waals surface area contributed by atoms with Crippen molar-refractivity contribution >= 4 is 38.4 Å². The first-order chi connectivity index (χ1) is 11.2. The van der Waals surface area contributed by atoms with Crippen molar-refractivity contribution in [2.75, 3.05) is 19.6 Å². The van der Waals surface area contributed by atoms with Gasteiger partial charge in [-0.3, -0.25) is 4.79 Å². The molecule has 3 rings (SSSR count). The Bertz CT molecular complexity index is 920. The third kappa shape index (κ3) is 2.90.